The van der Waals surface area contributed by atoms with Gasteiger partial charge in [-0.2, -0.15) is 5.26 Å². The number of sulfonamides is 1. The van der Waals surface area contributed by atoms with Gasteiger partial charge >= 0.3 is 0 Å². The van der Waals surface area contributed by atoms with E-state index in [2.05, 4.69) is 4.72 Å². The third kappa shape index (κ3) is 3.62. The normalized spacial score (nSPS) is 10.8. The number of rotatable bonds is 4. The van der Waals surface area contributed by atoms with Crippen LogP contribution in [-0.2, 0) is 10.0 Å². The summed E-state index contributed by atoms with van der Waals surface area (Å²) in [4.78, 5) is 0.133. The van der Waals surface area contributed by atoms with Crippen LogP contribution >= 0.6 is 0 Å². The minimum Gasteiger partial charge on any atom is -0.398 e. The van der Waals surface area contributed by atoms with Crippen molar-refractivity contribution in [2.75, 3.05) is 10.5 Å². The van der Waals surface area contributed by atoms with Crippen LogP contribution in [0.5, 0.6) is 0 Å². The molecule has 0 heterocycles. The highest BCUT2D eigenvalue weighted by atomic mass is 32.2. The van der Waals surface area contributed by atoms with E-state index >= 15 is 0 Å². The molecule has 6 heteroatoms. The van der Waals surface area contributed by atoms with Crippen molar-refractivity contribution in [3.05, 3.63) is 78.4 Å². The van der Waals surface area contributed by atoms with Gasteiger partial charge in [0.05, 0.1) is 22.2 Å². The van der Waals surface area contributed by atoms with Gasteiger partial charge in [0.15, 0.2) is 0 Å². The third-order valence-electron chi connectivity index (χ3n) is 3.68. The maximum absolute atomic E-state index is 12.5. The summed E-state index contributed by atoms with van der Waals surface area (Å²) in [5.41, 5.74) is 8.99. The van der Waals surface area contributed by atoms with Crippen molar-refractivity contribution < 1.29 is 8.42 Å². The second-order valence-electron chi connectivity index (χ2n) is 5.41. The van der Waals surface area contributed by atoms with Gasteiger partial charge in [0.2, 0.25) is 0 Å². The second kappa shape index (κ2) is 6.67. The van der Waals surface area contributed by atoms with Crippen molar-refractivity contribution >= 4 is 21.4 Å². The Morgan fingerprint density at radius 2 is 1.64 bits per heavy atom. The van der Waals surface area contributed by atoms with E-state index < -0.39 is 10.0 Å². The van der Waals surface area contributed by atoms with E-state index in [1.165, 1.54) is 18.2 Å². The Morgan fingerprint density at radius 3 is 2.32 bits per heavy atom. The summed E-state index contributed by atoms with van der Waals surface area (Å²) in [6.45, 7) is 0. The van der Waals surface area contributed by atoms with Crippen LogP contribution in [-0.4, -0.2) is 8.42 Å². The molecule has 3 N–H and O–H groups in total. The summed E-state index contributed by atoms with van der Waals surface area (Å²) in [5.74, 6) is 0. The summed E-state index contributed by atoms with van der Waals surface area (Å²) < 4.78 is 27.5. The summed E-state index contributed by atoms with van der Waals surface area (Å²) in [7, 11) is -3.74. The molecule has 0 radical (unpaired) electrons. The zero-order chi connectivity index (χ0) is 17.9. The smallest absolute Gasteiger partial charge is 0.261 e. The van der Waals surface area contributed by atoms with Gasteiger partial charge in [0.25, 0.3) is 10.0 Å². The van der Waals surface area contributed by atoms with E-state index in [0.717, 1.165) is 11.1 Å². The Hall–Kier alpha value is -3.30. The Kier molecular flexibility index (Phi) is 4.42. The molecule has 0 saturated carbocycles. The lowest BCUT2D eigenvalue weighted by Gasteiger charge is -2.10. The Balaban J connectivity index is 1.88. The molecule has 0 spiro atoms. The minimum absolute atomic E-state index is 0.133. The SMILES string of the molecule is N#Cc1cccc(NS(=O)(=O)c2ccc(-c3ccccc3N)cc2)c1. The first-order chi connectivity index (χ1) is 12.0. The van der Waals surface area contributed by atoms with Gasteiger partial charge in [0, 0.05) is 11.3 Å². The molecule has 0 aliphatic rings. The van der Waals surface area contributed by atoms with Crippen LogP contribution in [0.15, 0.2) is 77.7 Å². The standard InChI is InChI=1S/C19H15N3O2S/c20-13-14-4-3-5-16(12-14)22-25(23,24)17-10-8-15(9-11-17)18-6-1-2-7-19(18)21/h1-12,22H,21H2. The molecule has 3 rings (SSSR count). The van der Waals surface area contributed by atoms with E-state index in [1.807, 2.05) is 24.3 Å². The average molecular weight is 349 g/mol. The van der Waals surface area contributed by atoms with Gasteiger partial charge in [0.1, 0.15) is 0 Å². The number of nitrogens with one attached hydrogen (secondary N) is 1. The van der Waals surface area contributed by atoms with Crippen LogP contribution in [0, 0.1) is 11.3 Å². The number of para-hydroxylation sites is 1. The molecule has 25 heavy (non-hydrogen) atoms. The molecule has 3 aromatic rings. The van der Waals surface area contributed by atoms with Crippen molar-refractivity contribution in [3.63, 3.8) is 0 Å². The Morgan fingerprint density at radius 1 is 0.920 bits per heavy atom. The van der Waals surface area contributed by atoms with E-state index in [4.69, 9.17) is 11.0 Å². The zero-order valence-electron chi connectivity index (χ0n) is 13.2. The average Bonchev–Trinajstić information content (AvgIpc) is 2.62. The van der Waals surface area contributed by atoms with Gasteiger partial charge in [-0.15, -0.1) is 0 Å². The van der Waals surface area contributed by atoms with Crippen LogP contribution in [0.3, 0.4) is 0 Å². The van der Waals surface area contributed by atoms with Crippen molar-refractivity contribution in [3.8, 4) is 17.2 Å². The minimum atomic E-state index is -3.74. The van der Waals surface area contributed by atoms with Gasteiger partial charge in [-0.05, 0) is 42.0 Å². The van der Waals surface area contributed by atoms with Gasteiger partial charge < -0.3 is 5.73 Å². The second-order valence-corrected chi connectivity index (χ2v) is 7.09. The predicted molar refractivity (Wildman–Crippen MR) is 98.3 cm³/mol. The summed E-state index contributed by atoms with van der Waals surface area (Å²) >= 11 is 0. The molecule has 0 saturated heterocycles. The Labute approximate surface area is 146 Å². The number of nitrogen functional groups attached to an aromatic ring is 1. The molecule has 0 fully saturated rings. The van der Waals surface area contributed by atoms with Crippen LogP contribution < -0.4 is 10.5 Å². The number of nitriles is 1. The molecule has 0 aliphatic heterocycles. The fourth-order valence-corrected chi connectivity index (χ4v) is 3.49. The summed E-state index contributed by atoms with van der Waals surface area (Å²) in [6, 6.07) is 22.2. The fourth-order valence-electron chi connectivity index (χ4n) is 2.44. The lowest BCUT2D eigenvalue weighted by Crippen LogP contribution is -2.12. The van der Waals surface area contributed by atoms with Crippen LogP contribution in [0.1, 0.15) is 5.56 Å². The third-order valence-corrected chi connectivity index (χ3v) is 5.08. The molecule has 0 amide bonds. The number of anilines is 2. The number of nitrogens with zero attached hydrogens (tertiary/aromatic N) is 1. The van der Waals surface area contributed by atoms with Crippen LogP contribution in [0.25, 0.3) is 11.1 Å². The fraction of sp³-hybridized carbons (Fsp3) is 0. The maximum Gasteiger partial charge on any atom is 0.261 e. The number of benzene rings is 3. The number of nitrogens with two attached hydrogens (primary N) is 1. The molecular weight excluding hydrogens is 334 g/mol. The van der Waals surface area contributed by atoms with Gasteiger partial charge in [-0.1, -0.05) is 36.4 Å². The van der Waals surface area contributed by atoms with E-state index in [-0.39, 0.29) is 4.90 Å². The van der Waals surface area contributed by atoms with Gasteiger partial charge in [-0.3, -0.25) is 4.72 Å². The summed E-state index contributed by atoms with van der Waals surface area (Å²) in [6.07, 6.45) is 0. The van der Waals surface area contributed by atoms with Crippen LogP contribution in [0.4, 0.5) is 11.4 Å². The largest absolute Gasteiger partial charge is 0.398 e. The maximum atomic E-state index is 12.5. The number of hydrogen-bond acceptors (Lipinski definition) is 4. The van der Waals surface area contributed by atoms with E-state index in [9.17, 15) is 8.42 Å². The lowest BCUT2D eigenvalue weighted by molar-refractivity contribution is 0.601. The van der Waals surface area contributed by atoms with E-state index in [1.54, 1.807) is 36.4 Å². The van der Waals surface area contributed by atoms with Crippen molar-refractivity contribution in [2.45, 2.75) is 4.90 Å². The predicted octanol–water partition coefficient (Wildman–Crippen LogP) is 3.61. The molecule has 3 aromatic carbocycles. The highest BCUT2D eigenvalue weighted by Crippen LogP contribution is 2.27. The number of hydrogen-bond donors (Lipinski definition) is 2. The van der Waals surface area contributed by atoms with Crippen molar-refractivity contribution in [1.29, 1.82) is 5.26 Å². The molecule has 5 nitrogen and oxygen atoms in total. The first-order valence-corrected chi connectivity index (χ1v) is 8.96. The topological polar surface area (TPSA) is 96.0 Å². The highest BCUT2D eigenvalue weighted by molar-refractivity contribution is 7.92. The monoisotopic (exact) mass is 349 g/mol. The quantitative estimate of drug-likeness (QED) is 0.703. The van der Waals surface area contributed by atoms with Gasteiger partial charge in [-0.25, -0.2) is 8.42 Å². The molecular formula is C19H15N3O2S. The Bertz CT molecular complexity index is 1050. The van der Waals surface area contributed by atoms with Crippen LogP contribution in [0.2, 0.25) is 0 Å². The molecule has 0 unspecified atom stereocenters. The first-order valence-electron chi connectivity index (χ1n) is 7.47. The lowest BCUT2D eigenvalue weighted by atomic mass is 10.0. The summed E-state index contributed by atoms with van der Waals surface area (Å²) in [5, 5.41) is 8.90. The first kappa shape index (κ1) is 16.6. The molecule has 124 valence electrons. The molecule has 0 atom stereocenters. The van der Waals surface area contributed by atoms with E-state index in [0.29, 0.717) is 16.9 Å². The van der Waals surface area contributed by atoms with Crippen molar-refractivity contribution in [1.82, 2.24) is 0 Å². The highest BCUT2D eigenvalue weighted by Gasteiger charge is 2.14. The molecule has 0 bridgehead atoms. The zero-order valence-corrected chi connectivity index (χ0v) is 14.0. The van der Waals surface area contributed by atoms with Crippen molar-refractivity contribution in [2.24, 2.45) is 0 Å². The molecule has 0 aliphatic carbocycles. The molecule has 0 aromatic heterocycles.